The zero-order valence-electron chi connectivity index (χ0n) is 20.6. The first kappa shape index (κ1) is 24.7. The van der Waals surface area contributed by atoms with Gasteiger partial charge in [-0.3, -0.25) is 14.4 Å². The second-order valence-electron chi connectivity index (χ2n) is 10.0. The van der Waals surface area contributed by atoms with E-state index in [0.29, 0.717) is 37.9 Å². The number of fused-ring (bicyclic) bond motifs is 1. The number of aliphatic hydroxyl groups excluding tert-OH is 1. The normalized spacial score (nSPS) is 31.6. The molecule has 3 heterocycles. The predicted molar refractivity (Wildman–Crippen MR) is 128 cm³/mol. The molecule has 4 rings (SSSR count). The third-order valence-electron chi connectivity index (χ3n) is 7.97. The summed E-state index contributed by atoms with van der Waals surface area (Å²) in [4.78, 5) is 42.5. The maximum atomic E-state index is 13.8. The first-order chi connectivity index (χ1) is 16.2. The molecule has 3 aliphatic rings. The number of amides is 3. The number of nitrogens with zero attached hydrogens (tertiary/aromatic N) is 1. The van der Waals surface area contributed by atoms with Crippen LogP contribution in [-0.2, 0) is 19.1 Å². The number of hydrogen-bond donors (Lipinski definition) is 3. The van der Waals surface area contributed by atoms with Gasteiger partial charge in [0.15, 0.2) is 0 Å². The van der Waals surface area contributed by atoms with E-state index < -0.39 is 29.1 Å². The Morgan fingerprint density at radius 2 is 1.97 bits per heavy atom. The van der Waals surface area contributed by atoms with E-state index in [-0.39, 0.29) is 30.9 Å². The maximum Gasteiger partial charge on any atom is 0.250 e. The fraction of sp³-hybridized carbons (Fsp3) is 0.654. The van der Waals surface area contributed by atoms with Crippen LogP contribution in [0.4, 0.5) is 5.69 Å². The maximum absolute atomic E-state index is 13.8. The van der Waals surface area contributed by atoms with Gasteiger partial charge in [0.1, 0.15) is 11.6 Å². The van der Waals surface area contributed by atoms with Crippen LogP contribution in [0.5, 0.6) is 0 Å². The van der Waals surface area contributed by atoms with Crippen molar-refractivity contribution in [2.45, 2.75) is 77.0 Å². The van der Waals surface area contributed by atoms with E-state index in [1.165, 1.54) is 0 Å². The lowest BCUT2D eigenvalue weighted by Gasteiger charge is -2.34. The second-order valence-corrected chi connectivity index (χ2v) is 10.0. The van der Waals surface area contributed by atoms with Crippen LogP contribution in [-0.4, -0.2) is 64.7 Å². The monoisotopic (exact) mass is 471 g/mol. The van der Waals surface area contributed by atoms with E-state index >= 15 is 0 Å². The van der Waals surface area contributed by atoms with Crippen molar-refractivity contribution in [3.8, 4) is 0 Å². The molecule has 8 heteroatoms. The van der Waals surface area contributed by atoms with Crippen molar-refractivity contribution in [2.75, 3.05) is 25.0 Å². The quantitative estimate of drug-likeness (QED) is 0.512. The van der Waals surface area contributed by atoms with E-state index in [2.05, 4.69) is 10.6 Å². The summed E-state index contributed by atoms with van der Waals surface area (Å²) in [5, 5.41) is 15.5. The lowest BCUT2D eigenvalue weighted by molar-refractivity contribution is -0.146. The molecular weight excluding hydrogens is 434 g/mol. The van der Waals surface area contributed by atoms with Gasteiger partial charge in [-0.2, -0.15) is 0 Å². The number of ether oxygens (including phenoxy) is 1. The number of benzene rings is 1. The van der Waals surface area contributed by atoms with E-state index in [1.807, 2.05) is 45.9 Å². The molecule has 1 aromatic rings. The number of likely N-dealkylation sites (tertiary alicyclic amines) is 1. The van der Waals surface area contributed by atoms with Crippen LogP contribution in [0.3, 0.4) is 0 Å². The minimum absolute atomic E-state index is 0.0903. The van der Waals surface area contributed by atoms with Gasteiger partial charge in [-0.1, -0.05) is 26.0 Å². The number of aliphatic hydroxyl groups is 1. The number of anilines is 1. The van der Waals surface area contributed by atoms with E-state index in [4.69, 9.17) is 4.74 Å². The number of nitrogens with one attached hydrogen (secondary N) is 2. The third kappa shape index (κ3) is 3.71. The first-order valence-corrected chi connectivity index (χ1v) is 12.5. The molecule has 3 aliphatic heterocycles. The molecule has 1 aromatic carbocycles. The highest BCUT2D eigenvalue weighted by Crippen LogP contribution is 2.64. The number of aryl methyl sites for hydroxylation is 2. The fourth-order valence-corrected chi connectivity index (χ4v) is 6.33. The second kappa shape index (κ2) is 9.30. The van der Waals surface area contributed by atoms with Crippen LogP contribution in [0, 0.1) is 25.7 Å². The lowest BCUT2D eigenvalue weighted by Crippen LogP contribution is -2.53. The third-order valence-corrected chi connectivity index (χ3v) is 7.97. The fourth-order valence-electron chi connectivity index (χ4n) is 6.33. The smallest absolute Gasteiger partial charge is 0.250 e. The van der Waals surface area contributed by atoms with Crippen molar-refractivity contribution >= 4 is 23.4 Å². The Balaban J connectivity index is 1.73. The Morgan fingerprint density at radius 3 is 2.65 bits per heavy atom. The van der Waals surface area contributed by atoms with Crippen molar-refractivity contribution < 1.29 is 24.2 Å². The van der Waals surface area contributed by atoms with Gasteiger partial charge in [-0.25, -0.2) is 0 Å². The molecule has 3 fully saturated rings. The van der Waals surface area contributed by atoms with Crippen LogP contribution in [0.2, 0.25) is 0 Å². The van der Waals surface area contributed by atoms with E-state index in [0.717, 1.165) is 17.5 Å². The molecule has 0 aromatic heterocycles. The van der Waals surface area contributed by atoms with Gasteiger partial charge < -0.3 is 25.4 Å². The summed E-state index contributed by atoms with van der Waals surface area (Å²) in [7, 11) is 0. The predicted octanol–water partition coefficient (Wildman–Crippen LogP) is 2.31. The molecule has 8 nitrogen and oxygen atoms in total. The summed E-state index contributed by atoms with van der Waals surface area (Å²) < 4.78 is 6.69. The summed E-state index contributed by atoms with van der Waals surface area (Å²) in [5.41, 5.74) is 0.872. The molecule has 0 radical (unpaired) electrons. The van der Waals surface area contributed by atoms with Gasteiger partial charge >= 0.3 is 0 Å². The van der Waals surface area contributed by atoms with Gasteiger partial charge in [0, 0.05) is 25.4 Å². The number of rotatable bonds is 9. The SMILES string of the molecule is CCCNC(=O)[C@H]1[C@H]2C(=O)N(CCCO)C(C(=O)Nc3cc(C)ccc3C)C23CC[C@]1(CC)O3. The molecule has 5 atom stereocenters. The molecule has 1 spiro atoms. The van der Waals surface area contributed by atoms with Crippen molar-refractivity contribution in [2.24, 2.45) is 11.8 Å². The van der Waals surface area contributed by atoms with Crippen molar-refractivity contribution in [3.05, 3.63) is 29.3 Å². The zero-order chi connectivity index (χ0) is 24.7. The van der Waals surface area contributed by atoms with Crippen molar-refractivity contribution in [3.63, 3.8) is 0 Å². The first-order valence-electron chi connectivity index (χ1n) is 12.5. The number of carbonyl (C=O) groups excluding carboxylic acids is 3. The average molecular weight is 472 g/mol. The molecule has 3 amide bonds. The van der Waals surface area contributed by atoms with Gasteiger partial charge in [-0.05, 0) is 63.1 Å². The average Bonchev–Trinajstić information content (AvgIpc) is 3.42. The van der Waals surface area contributed by atoms with Crippen LogP contribution < -0.4 is 10.6 Å². The van der Waals surface area contributed by atoms with Crippen LogP contribution in [0.1, 0.15) is 57.1 Å². The minimum Gasteiger partial charge on any atom is -0.396 e. The van der Waals surface area contributed by atoms with Crippen LogP contribution in [0.15, 0.2) is 18.2 Å². The molecule has 2 unspecified atom stereocenters. The highest BCUT2D eigenvalue weighted by atomic mass is 16.5. The highest BCUT2D eigenvalue weighted by molar-refractivity contribution is 6.04. The van der Waals surface area contributed by atoms with Crippen LogP contribution >= 0.6 is 0 Å². The largest absolute Gasteiger partial charge is 0.396 e. The lowest BCUT2D eigenvalue weighted by atomic mass is 9.65. The standard InChI is InChI=1S/C26H37N3O5/c1-5-12-27-22(31)19-20-24(33)29(13-7-14-30)21(26(20)11-10-25(19,6-2)34-26)23(32)28-18-15-16(3)8-9-17(18)4/h8-9,15,19-21,30H,5-7,10-14H2,1-4H3,(H,27,31)(H,28,32)/t19-,20+,21?,25+,26?/m1/s1. The summed E-state index contributed by atoms with van der Waals surface area (Å²) >= 11 is 0. The molecule has 186 valence electrons. The summed E-state index contributed by atoms with van der Waals surface area (Å²) in [6, 6.07) is 5.00. The van der Waals surface area contributed by atoms with Crippen molar-refractivity contribution in [1.82, 2.24) is 10.2 Å². The van der Waals surface area contributed by atoms with E-state index in [1.54, 1.807) is 4.90 Å². The molecule has 34 heavy (non-hydrogen) atoms. The molecular formula is C26H37N3O5. The molecule has 2 bridgehead atoms. The van der Waals surface area contributed by atoms with Crippen molar-refractivity contribution in [1.29, 1.82) is 0 Å². The number of carbonyl (C=O) groups is 3. The molecule has 0 aliphatic carbocycles. The Kier molecular flexibility index (Phi) is 6.75. The Morgan fingerprint density at radius 1 is 1.21 bits per heavy atom. The minimum atomic E-state index is -1.04. The molecule has 3 N–H and O–H groups in total. The zero-order valence-corrected chi connectivity index (χ0v) is 20.6. The summed E-state index contributed by atoms with van der Waals surface area (Å²) in [6.07, 6.45) is 2.94. The number of hydrogen-bond acceptors (Lipinski definition) is 5. The molecule has 3 saturated heterocycles. The summed E-state index contributed by atoms with van der Waals surface area (Å²) in [6.45, 7) is 8.55. The summed E-state index contributed by atoms with van der Waals surface area (Å²) in [5.74, 6) is -2.02. The van der Waals surface area contributed by atoms with Gasteiger partial charge in [0.25, 0.3) is 0 Å². The highest BCUT2D eigenvalue weighted by Gasteiger charge is 2.78. The topological polar surface area (TPSA) is 108 Å². The molecule has 0 saturated carbocycles. The van der Waals surface area contributed by atoms with Gasteiger partial charge in [-0.15, -0.1) is 0 Å². The van der Waals surface area contributed by atoms with Gasteiger partial charge in [0.05, 0.1) is 17.4 Å². The Hall–Kier alpha value is -2.45. The Bertz CT molecular complexity index is 981. The van der Waals surface area contributed by atoms with E-state index in [9.17, 15) is 19.5 Å². The van der Waals surface area contributed by atoms with Gasteiger partial charge in [0.2, 0.25) is 17.7 Å². The Labute approximate surface area is 201 Å². The van der Waals surface area contributed by atoms with Crippen LogP contribution in [0.25, 0.3) is 0 Å².